The zero-order valence-electron chi connectivity index (χ0n) is 10.1. The molecule has 0 aromatic heterocycles. The summed E-state index contributed by atoms with van der Waals surface area (Å²) in [6, 6.07) is 0. The van der Waals surface area contributed by atoms with E-state index in [1.807, 2.05) is 0 Å². The fourth-order valence-corrected chi connectivity index (χ4v) is 1.32. The van der Waals surface area contributed by atoms with Crippen molar-refractivity contribution < 1.29 is 0 Å². The van der Waals surface area contributed by atoms with E-state index in [0.717, 1.165) is 0 Å². The van der Waals surface area contributed by atoms with Gasteiger partial charge in [-0.1, -0.05) is 46.5 Å². The molecule has 0 aliphatic heterocycles. The van der Waals surface area contributed by atoms with Gasteiger partial charge in [-0.25, -0.2) is 0 Å². The second kappa shape index (κ2) is 4.99. The van der Waals surface area contributed by atoms with Gasteiger partial charge in [0.05, 0.1) is 0 Å². The van der Waals surface area contributed by atoms with Gasteiger partial charge in [0.1, 0.15) is 0 Å². The molecule has 0 saturated heterocycles. The minimum absolute atomic E-state index is 0.0563. The molecule has 1 heteroatoms. The van der Waals surface area contributed by atoms with Crippen LogP contribution < -0.4 is 5.73 Å². The lowest BCUT2D eigenvalue weighted by atomic mass is 9.72. The van der Waals surface area contributed by atoms with Crippen molar-refractivity contribution in [2.75, 3.05) is 0 Å². The van der Waals surface area contributed by atoms with Crippen molar-refractivity contribution >= 4 is 0 Å². The molecule has 0 fully saturated rings. The van der Waals surface area contributed by atoms with Crippen molar-refractivity contribution in [3.05, 3.63) is 0 Å². The van der Waals surface area contributed by atoms with Gasteiger partial charge in [0.15, 0.2) is 0 Å². The van der Waals surface area contributed by atoms with Gasteiger partial charge in [-0.15, -0.1) is 0 Å². The van der Waals surface area contributed by atoms with Crippen LogP contribution in [0.15, 0.2) is 0 Å². The monoisotopic (exact) mass is 185 g/mol. The Morgan fingerprint density at radius 2 is 1.46 bits per heavy atom. The van der Waals surface area contributed by atoms with Crippen molar-refractivity contribution in [3.63, 3.8) is 0 Å². The molecule has 0 unspecified atom stereocenters. The summed E-state index contributed by atoms with van der Waals surface area (Å²) in [4.78, 5) is 0. The van der Waals surface area contributed by atoms with Crippen molar-refractivity contribution in [2.24, 2.45) is 11.1 Å². The van der Waals surface area contributed by atoms with Gasteiger partial charge in [0.25, 0.3) is 0 Å². The number of nitrogens with two attached hydrogens (primary N) is 1. The third kappa shape index (κ3) is 4.66. The van der Waals surface area contributed by atoms with Crippen molar-refractivity contribution in [3.8, 4) is 0 Å². The first-order valence-electron chi connectivity index (χ1n) is 5.60. The molecule has 0 radical (unpaired) electrons. The minimum atomic E-state index is -0.0563. The Morgan fingerprint density at radius 1 is 0.923 bits per heavy atom. The number of hydrogen-bond acceptors (Lipinski definition) is 1. The highest BCUT2D eigenvalue weighted by molar-refractivity contribution is 4.89. The molecule has 0 spiro atoms. The molecule has 0 aliphatic rings. The molecule has 0 heterocycles. The summed E-state index contributed by atoms with van der Waals surface area (Å²) < 4.78 is 0. The van der Waals surface area contributed by atoms with Crippen LogP contribution in [0.3, 0.4) is 0 Å². The summed E-state index contributed by atoms with van der Waals surface area (Å²) in [5.74, 6) is 0. The maximum atomic E-state index is 6.13. The minimum Gasteiger partial charge on any atom is -0.325 e. The van der Waals surface area contributed by atoms with Crippen molar-refractivity contribution in [1.29, 1.82) is 0 Å². The third-order valence-electron chi connectivity index (χ3n) is 3.40. The maximum absolute atomic E-state index is 6.13. The van der Waals surface area contributed by atoms with Gasteiger partial charge in [0, 0.05) is 5.54 Å². The lowest BCUT2D eigenvalue weighted by Gasteiger charge is -2.38. The standard InChI is InChI=1S/C12H27N/c1-6-7-8-9-10-11(2,3)12(4,5)13/h6-10,13H2,1-5H3. The van der Waals surface area contributed by atoms with E-state index >= 15 is 0 Å². The molecule has 0 aromatic carbocycles. The highest BCUT2D eigenvalue weighted by Crippen LogP contribution is 2.33. The van der Waals surface area contributed by atoms with E-state index < -0.39 is 0 Å². The molecule has 2 N–H and O–H groups in total. The predicted octanol–water partition coefficient (Wildman–Crippen LogP) is 3.72. The van der Waals surface area contributed by atoms with Crippen LogP contribution in [0.2, 0.25) is 0 Å². The summed E-state index contributed by atoms with van der Waals surface area (Å²) in [7, 11) is 0. The predicted molar refractivity (Wildman–Crippen MR) is 60.8 cm³/mol. The van der Waals surface area contributed by atoms with E-state index in [1.54, 1.807) is 0 Å². The fraction of sp³-hybridized carbons (Fsp3) is 1.00. The van der Waals surface area contributed by atoms with E-state index in [0.29, 0.717) is 0 Å². The van der Waals surface area contributed by atoms with Gasteiger partial charge < -0.3 is 5.73 Å². The van der Waals surface area contributed by atoms with Crippen LogP contribution in [-0.2, 0) is 0 Å². The molecule has 0 amide bonds. The smallest absolute Gasteiger partial charge is 0.0148 e. The first-order chi connectivity index (χ1) is 5.81. The Hall–Kier alpha value is -0.0400. The average molecular weight is 185 g/mol. The topological polar surface area (TPSA) is 26.0 Å². The Labute approximate surface area is 84.1 Å². The number of hydrogen-bond donors (Lipinski definition) is 1. The summed E-state index contributed by atoms with van der Waals surface area (Å²) in [6.07, 6.45) is 6.60. The molecule has 0 rings (SSSR count). The second-order valence-electron chi connectivity index (χ2n) is 5.42. The molecule has 1 nitrogen and oxygen atoms in total. The molecular formula is C12H27N. The van der Waals surface area contributed by atoms with Gasteiger partial charge >= 0.3 is 0 Å². The lowest BCUT2D eigenvalue weighted by molar-refractivity contribution is 0.180. The lowest BCUT2D eigenvalue weighted by Crippen LogP contribution is -2.47. The van der Waals surface area contributed by atoms with Crippen molar-refractivity contribution in [2.45, 2.75) is 72.3 Å². The zero-order chi connectivity index (χ0) is 10.5. The molecule has 0 aliphatic carbocycles. The molecule has 0 atom stereocenters. The first-order valence-corrected chi connectivity index (χ1v) is 5.60. The number of rotatable bonds is 6. The van der Waals surface area contributed by atoms with Crippen LogP contribution in [0.25, 0.3) is 0 Å². The SMILES string of the molecule is CCCCCCC(C)(C)C(C)(C)N. The quantitative estimate of drug-likeness (QED) is 0.627. The molecule has 0 aromatic rings. The van der Waals surface area contributed by atoms with E-state index in [1.165, 1.54) is 32.1 Å². The summed E-state index contributed by atoms with van der Waals surface area (Å²) in [5, 5.41) is 0. The molecule has 13 heavy (non-hydrogen) atoms. The summed E-state index contributed by atoms with van der Waals surface area (Å²) >= 11 is 0. The van der Waals surface area contributed by atoms with Gasteiger partial charge in [-0.2, -0.15) is 0 Å². The number of unbranched alkanes of at least 4 members (excludes halogenated alkanes) is 3. The van der Waals surface area contributed by atoms with Crippen molar-refractivity contribution in [1.82, 2.24) is 0 Å². The Balaban J connectivity index is 3.77. The second-order valence-corrected chi connectivity index (χ2v) is 5.42. The van der Waals surface area contributed by atoms with E-state index in [2.05, 4.69) is 34.6 Å². The van der Waals surface area contributed by atoms with Crippen LogP contribution in [0.4, 0.5) is 0 Å². The van der Waals surface area contributed by atoms with Crippen LogP contribution in [-0.4, -0.2) is 5.54 Å². The molecule has 0 saturated carbocycles. The molecule has 80 valence electrons. The third-order valence-corrected chi connectivity index (χ3v) is 3.40. The fourth-order valence-electron chi connectivity index (χ4n) is 1.32. The largest absolute Gasteiger partial charge is 0.325 e. The van der Waals surface area contributed by atoms with E-state index in [4.69, 9.17) is 5.73 Å². The van der Waals surface area contributed by atoms with E-state index in [-0.39, 0.29) is 11.0 Å². The van der Waals surface area contributed by atoms with Gasteiger partial charge in [-0.05, 0) is 25.7 Å². The van der Waals surface area contributed by atoms with Gasteiger partial charge in [-0.3, -0.25) is 0 Å². The Bertz CT molecular complexity index is 131. The highest BCUT2D eigenvalue weighted by atomic mass is 14.7. The van der Waals surface area contributed by atoms with Crippen LogP contribution in [0.1, 0.15) is 66.7 Å². The van der Waals surface area contributed by atoms with Crippen LogP contribution in [0.5, 0.6) is 0 Å². The normalized spacial score (nSPS) is 13.4. The van der Waals surface area contributed by atoms with E-state index in [9.17, 15) is 0 Å². The average Bonchev–Trinajstić information content (AvgIpc) is 1.96. The molecule has 0 bridgehead atoms. The molecular weight excluding hydrogens is 158 g/mol. The van der Waals surface area contributed by atoms with Crippen LogP contribution in [0, 0.1) is 5.41 Å². The summed E-state index contributed by atoms with van der Waals surface area (Å²) in [6.45, 7) is 11.1. The zero-order valence-corrected chi connectivity index (χ0v) is 10.1. The summed E-state index contributed by atoms with van der Waals surface area (Å²) in [5.41, 5.74) is 6.34. The highest BCUT2D eigenvalue weighted by Gasteiger charge is 2.32. The Kier molecular flexibility index (Phi) is 4.98. The first kappa shape index (κ1) is 13.0. The van der Waals surface area contributed by atoms with Crippen LogP contribution >= 0.6 is 0 Å². The van der Waals surface area contributed by atoms with Gasteiger partial charge in [0.2, 0.25) is 0 Å². The maximum Gasteiger partial charge on any atom is 0.0148 e. The Morgan fingerprint density at radius 3 is 1.85 bits per heavy atom.